The first-order valence-corrected chi connectivity index (χ1v) is 4.60. The van der Waals surface area contributed by atoms with E-state index in [-0.39, 0.29) is 5.78 Å². The van der Waals surface area contributed by atoms with Gasteiger partial charge in [-0.1, -0.05) is 6.92 Å². The van der Waals surface area contributed by atoms with Crippen molar-refractivity contribution in [2.75, 3.05) is 5.32 Å². The molecule has 0 aliphatic heterocycles. The average molecular weight is 180 g/mol. The molecule has 1 aromatic rings. The van der Waals surface area contributed by atoms with Crippen LogP contribution in [0.1, 0.15) is 37.7 Å². The highest BCUT2D eigenvalue weighted by atomic mass is 16.1. The molecule has 0 fully saturated rings. The number of carbonyl (C=O) groups excluding carboxylic acids is 1. The summed E-state index contributed by atoms with van der Waals surface area (Å²) < 4.78 is 0. The smallest absolute Gasteiger partial charge is 0.175 e. The third kappa shape index (κ3) is 2.61. The average Bonchev–Trinajstić information content (AvgIpc) is 2.52. The molecule has 3 nitrogen and oxygen atoms in total. The second-order valence-corrected chi connectivity index (χ2v) is 3.30. The van der Waals surface area contributed by atoms with E-state index in [1.807, 2.05) is 6.07 Å². The number of H-pyrrole nitrogens is 1. The van der Waals surface area contributed by atoms with Gasteiger partial charge in [0.05, 0.1) is 5.69 Å². The van der Waals surface area contributed by atoms with Crippen molar-refractivity contribution in [2.24, 2.45) is 0 Å². The standard InChI is InChI=1S/C10H16N2O/c1-4-7(2)11-10-6-5-9(12-10)8(3)13/h5-7,11-12H,4H2,1-3H3. The van der Waals surface area contributed by atoms with E-state index in [9.17, 15) is 4.79 Å². The summed E-state index contributed by atoms with van der Waals surface area (Å²) in [4.78, 5) is 14.0. The lowest BCUT2D eigenvalue weighted by molar-refractivity contribution is 0.101. The van der Waals surface area contributed by atoms with Crippen LogP contribution in [0.2, 0.25) is 0 Å². The summed E-state index contributed by atoms with van der Waals surface area (Å²) in [5, 5.41) is 3.26. The van der Waals surface area contributed by atoms with Gasteiger partial charge in [-0.3, -0.25) is 4.79 Å². The monoisotopic (exact) mass is 180 g/mol. The molecule has 0 spiro atoms. The largest absolute Gasteiger partial charge is 0.369 e. The Morgan fingerprint density at radius 3 is 2.77 bits per heavy atom. The molecule has 72 valence electrons. The van der Waals surface area contributed by atoms with E-state index in [1.165, 1.54) is 0 Å². The molecule has 0 saturated carbocycles. The number of anilines is 1. The number of carbonyl (C=O) groups is 1. The van der Waals surface area contributed by atoms with E-state index >= 15 is 0 Å². The van der Waals surface area contributed by atoms with Gasteiger partial charge in [-0.05, 0) is 25.5 Å². The molecular weight excluding hydrogens is 164 g/mol. The zero-order chi connectivity index (χ0) is 9.84. The molecule has 13 heavy (non-hydrogen) atoms. The van der Waals surface area contributed by atoms with Gasteiger partial charge in [0.2, 0.25) is 0 Å². The quantitative estimate of drug-likeness (QED) is 0.699. The molecule has 3 heteroatoms. The highest BCUT2D eigenvalue weighted by molar-refractivity contribution is 5.92. The van der Waals surface area contributed by atoms with E-state index in [1.54, 1.807) is 13.0 Å². The Morgan fingerprint density at radius 2 is 2.31 bits per heavy atom. The zero-order valence-electron chi connectivity index (χ0n) is 8.35. The van der Waals surface area contributed by atoms with Crippen LogP contribution in [0.25, 0.3) is 0 Å². The van der Waals surface area contributed by atoms with Crippen molar-refractivity contribution >= 4 is 11.6 Å². The van der Waals surface area contributed by atoms with Crippen molar-refractivity contribution in [3.63, 3.8) is 0 Å². The molecule has 2 N–H and O–H groups in total. The third-order valence-electron chi connectivity index (χ3n) is 2.08. The molecule has 0 aliphatic carbocycles. The van der Waals surface area contributed by atoms with Crippen LogP contribution in [0.15, 0.2) is 12.1 Å². The summed E-state index contributed by atoms with van der Waals surface area (Å²) in [6.07, 6.45) is 1.06. The molecule has 0 saturated heterocycles. The minimum absolute atomic E-state index is 0.0669. The Labute approximate surface area is 78.5 Å². The summed E-state index contributed by atoms with van der Waals surface area (Å²) in [6.45, 7) is 5.78. The molecular formula is C10H16N2O. The number of aromatic amines is 1. The lowest BCUT2D eigenvalue weighted by Crippen LogP contribution is -2.13. The predicted octanol–water partition coefficient (Wildman–Crippen LogP) is 2.43. The van der Waals surface area contributed by atoms with Crippen LogP contribution >= 0.6 is 0 Å². The first kappa shape index (κ1) is 9.84. The van der Waals surface area contributed by atoms with Gasteiger partial charge in [-0.15, -0.1) is 0 Å². The predicted molar refractivity (Wildman–Crippen MR) is 54.2 cm³/mol. The highest BCUT2D eigenvalue weighted by Gasteiger charge is 2.04. The number of hydrogen-bond donors (Lipinski definition) is 2. The molecule has 0 bridgehead atoms. The minimum Gasteiger partial charge on any atom is -0.369 e. The normalized spacial score (nSPS) is 12.5. The van der Waals surface area contributed by atoms with Gasteiger partial charge in [0.1, 0.15) is 5.82 Å². The topological polar surface area (TPSA) is 44.9 Å². The number of nitrogens with one attached hydrogen (secondary N) is 2. The third-order valence-corrected chi connectivity index (χ3v) is 2.08. The maximum atomic E-state index is 11.0. The highest BCUT2D eigenvalue weighted by Crippen LogP contribution is 2.09. The Hall–Kier alpha value is -1.25. The van der Waals surface area contributed by atoms with Crippen molar-refractivity contribution in [2.45, 2.75) is 33.2 Å². The van der Waals surface area contributed by atoms with Crippen LogP contribution in [0.5, 0.6) is 0 Å². The Morgan fingerprint density at radius 1 is 1.62 bits per heavy atom. The maximum Gasteiger partial charge on any atom is 0.175 e. The number of hydrogen-bond acceptors (Lipinski definition) is 2. The molecule has 0 aliphatic rings. The first-order chi connectivity index (χ1) is 6.13. The van der Waals surface area contributed by atoms with Gasteiger partial charge in [-0.25, -0.2) is 0 Å². The van der Waals surface area contributed by atoms with Gasteiger partial charge < -0.3 is 10.3 Å². The van der Waals surface area contributed by atoms with Gasteiger partial charge in [-0.2, -0.15) is 0 Å². The second kappa shape index (κ2) is 4.12. The van der Waals surface area contributed by atoms with Crippen molar-refractivity contribution in [3.8, 4) is 0 Å². The lowest BCUT2D eigenvalue weighted by Gasteiger charge is -2.10. The maximum absolute atomic E-state index is 11.0. The molecule has 1 rings (SSSR count). The SMILES string of the molecule is CCC(C)Nc1ccc(C(C)=O)[nH]1. The van der Waals surface area contributed by atoms with Crippen LogP contribution in [0.3, 0.4) is 0 Å². The summed E-state index contributed by atoms with van der Waals surface area (Å²) in [5.74, 6) is 0.983. The summed E-state index contributed by atoms with van der Waals surface area (Å²) in [6, 6.07) is 4.12. The van der Waals surface area contributed by atoms with Crippen molar-refractivity contribution in [1.82, 2.24) is 4.98 Å². The summed E-state index contributed by atoms with van der Waals surface area (Å²) >= 11 is 0. The molecule has 1 aromatic heterocycles. The molecule has 0 aromatic carbocycles. The van der Waals surface area contributed by atoms with Gasteiger partial charge in [0.15, 0.2) is 5.78 Å². The summed E-state index contributed by atoms with van der Waals surface area (Å²) in [5.41, 5.74) is 0.658. The fourth-order valence-corrected chi connectivity index (χ4v) is 1.05. The Kier molecular flexibility index (Phi) is 3.12. The van der Waals surface area contributed by atoms with Crippen molar-refractivity contribution in [1.29, 1.82) is 0 Å². The van der Waals surface area contributed by atoms with E-state index in [0.717, 1.165) is 12.2 Å². The lowest BCUT2D eigenvalue weighted by atomic mass is 10.3. The van der Waals surface area contributed by atoms with Crippen LogP contribution < -0.4 is 5.32 Å². The second-order valence-electron chi connectivity index (χ2n) is 3.30. The molecule has 0 amide bonds. The van der Waals surface area contributed by atoms with Crippen LogP contribution in [0.4, 0.5) is 5.82 Å². The van der Waals surface area contributed by atoms with E-state index < -0.39 is 0 Å². The van der Waals surface area contributed by atoms with E-state index in [2.05, 4.69) is 24.1 Å². The van der Waals surface area contributed by atoms with Crippen LogP contribution in [-0.4, -0.2) is 16.8 Å². The van der Waals surface area contributed by atoms with Gasteiger partial charge in [0.25, 0.3) is 0 Å². The Balaban J connectivity index is 2.64. The number of rotatable bonds is 4. The summed E-state index contributed by atoms with van der Waals surface area (Å²) in [7, 11) is 0. The van der Waals surface area contributed by atoms with Crippen molar-refractivity contribution in [3.05, 3.63) is 17.8 Å². The van der Waals surface area contributed by atoms with E-state index in [4.69, 9.17) is 0 Å². The molecule has 1 atom stereocenters. The fourth-order valence-electron chi connectivity index (χ4n) is 1.05. The van der Waals surface area contributed by atoms with Crippen molar-refractivity contribution < 1.29 is 4.79 Å². The molecule has 1 unspecified atom stereocenters. The minimum atomic E-state index is 0.0669. The zero-order valence-corrected chi connectivity index (χ0v) is 8.35. The molecule has 0 radical (unpaired) electrons. The number of Topliss-reactive ketones (excluding diaryl/α,β-unsaturated/α-hetero) is 1. The fraction of sp³-hybridized carbons (Fsp3) is 0.500. The first-order valence-electron chi connectivity index (χ1n) is 4.60. The van der Waals surface area contributed by atoms with Gasteiger partial charge >= 0.3 is 0 Å². The molecule has 1 heterocycles. The van der Waals surface area contributed by atoms with E-state index in [0.29, 0.717) is 11.7 Å². The van der Waals surface area contributed by atoms with Crippen LogP contribution in [0, 0.1) is 0 Å². The van der Waals surface area contributed by atoms with Gasteiger partial charge in [0, 0.05) is 13.0 Å². The number of ketones is 1. The number of aromatic nitrogens is 1. The van der Waals surface area contributed by atoms with Crippen LogP contribution in [-0.2, 0) is 0 Å². The Bertz CT molecular complexity index is 291.